The summed E-state index contributed by atoms with van der Waals surface area (Å²) in [4.78, 5) is 0. The van der Waals surface area contributed by atoms with Crippen LogP contribution in [0.15, 0.2) is 30.3 Å². The molecule has 1 aromatic rings. The van der Waals surface area contributed by atoms with Crippen LogP contribution >= 0.6 is 0 Å². The Morgan fingerprint density at radius 2 is 1.90 bits per heavy atom. The van der Waals surface area contributed by atoms with E-state index in [1.54, 1.807) is 0 Å². The standard InChI is InChI=1S/C8H12BN/c1-9(10)7-8-5-3-2-4-6-8/h2-6H,7,10H2,1H3. The van der Waals surface area contributed by atoms with E-state index < -0.39 is 0 Å². The zero-order chi connectivity index (χ0) is 7.40. The van der Waals surface area contributed by atoms with Gasteiger partial charge in [-0.2, -0.15) is 0 Å². The van der Waals surface area contributed by atoms with E-state index in [0.717, 1.165) is 6.32 Å². The Labute approximate surface area is 62.3 Å². The molecule has 0 aliphatic heterocycles. The molecule has 2 N–H and O–H groups in total. The summed E-state index contributed by atoms with van der Waals surface area (Å²) < 4.78 is 0. The largest absolute Gasteiger partial charge is 0.370 e. The van der Waals surface area contributed by atoms with Crippen LogP contribution in [0, 0.1) is 0 Å². The lowest BCUT2D eigenvalue weighted by atomic mass is 9.62. The van der Waals surface area contributed by atoms with E-state index >= 15 is 0 Å². The van der Waals surface area contributed by atoms with Crippen LogP contribution in [0.1, 0.15) is 5.56 Å². The maximum absolute atomic E-state index is 5.62. The van der Waals surface area contributed by atoms with Gasteiger partial charge in [0.2, 0.25) is 6.85 Å². The van der Waals surface area contributed by atoms with Crippen molar-refractivity contribution in [3.63, 3.8) is 0 Å². The van der Waals surface area contributed by atoms with Crippen molar-refractivity contribution < 1.29 is 0 Å². The highest BCUT2D eigenvalue weighted by molar-refractivity contribution is 6.52. The van der Waals surface area contributed by atoms with E-state index in [0.29, 0.717) is 0 Å². The van der Waals surface area contributed by atoms with E-state index in [2.05, 4.69) is 12.1 Å². The minimum atomic E-state index is 0.266. The Balaban J connectivity index is 2.59. The normalized spacial score (nSPS) is 9.40. The molecule has 0 unspecified atom stereocenters. The van der Waals surface area contributed by atoms with Gasteiger partial charge in [0.15, 0.2) is 0 Å². The fraction of sp³-hybridized carbons (Fsp3) is 0.250. The highest BCUT2D eigenvalue weighted by atomic mass is 14.4. The summed E-state index contributed by atoms with van der Waals surface area (Å²) in [6, 6.07) is 10.3. The van der Waals surface area contributed by atoms with E-state index in [1.165, 1.54) is 5.56 Å². The quantitative estimate of drug-likeness (QED) is 0.605. The molecule has 52 valence electrons. The van der Waals surface area contributed by atoms with Crippen LogP contribution in [0.5, 0.6) is 0 Å². The van der Waals surface area contributed by atoms with Gasteiger partial charge >= 0.3 is 0 Å². The summed E-state index contributed by atoms with van der Waals surface area (Å²) >= 11 is 0. The molecular formula is C8H12BN. The third-order valence-corrected chi connectivity index (χ3v) is 1.40. The van der Waals surface area contributed by atoms with Crippen molar-refractivity contribution in [1.29, 1.82) is 0 Å². The molecule has 0 saturated carbocycles. The maximum atomic E-state index is 5.62. The Morgan fingerprint density at radius 1 is 1.30 bits per heavy atom. The first-order valence-electron chi connectivity index (χ1n) is 3.58. The van der Waals surface area contributed by atoms with E-state index in [9.17, 15) is 0 Å². The molecule has 0 spiro atoms. The van der Waals surface area contributed by atoms with Crippen LogP contribution in [0.3, 0.4) is 0 Å². The molecule has 0 saturated heterocycles. The SMILES string of the molecule is CB(N)Cc1ccccc1. The molecule has 10 heavy (non-hydrogen) atoms. The van der Waals surface area contributed by atoms with Crippen molar-refractivity contribution in [3.8, 4) is 0 Å². The van der Waals surface area contributed by atoms with E-state index in [-0.39, 0.29) is 6.85 Å². The molecule has 0 fully saturated rings. The van der Waals surface area contributed by atoms with Crippen molar-refractivity contribution in [2.24, 2.45) is 5.64 Å². The van der Waals surface area contributed by atoms with Gasteiger partial charge in [-0.1, -0.05) is 42.7 Å². The first kappa shape index (κ1) is 7.35. The topological polar surface area (TPSA) is 26.0 Å². The maximum Gasteiger partial charge on any atom is 0.218 e. The Kier molecular flexibility index (Phi) is 2.52. The van der Waals surface area contributed by atoms with Crippen molar-refractivity contribution in [2.45, 2.75) is 13.1 Å². The third-order valence-electron chi connectivity index (χ3n) is 1.40. The van der Waals surface area contributed by atoms with Gasteiger partial charge < -0.3 is 5.64 Å². The van der Waals surface area contributed by atoms with Crippen molar-refractivity contribution >= 4 is 6.85 Å². The summed E-state index contributed by atoms with van der Waals surface area (Å²) in [5.74, 6) is 0. The molecular weight excluding hydrogens is 121 g/mol. The zero-order valence-electron chi connectivity index (χ0n) is 6.25. The first-order valence-corrected chi connectivity index (χ1v) is 3.58. The van der Waals surface area contributed by atoms with Crippen LogP contribution in [0.4, 0.5) is 0 Å². The Morgan fingerprint density at radius 3 is 2.40 bits per heavy atom. The molecule has 1 aromatic carbocycles. The van der Waals surface area contributed by atoms with Crippen LogP contribution < -0.4 is 5.64 Å². The van der Waals surface area contributed by atoms with Crippen LogP contribution in [0.25, 0.3) is 0 Å². The van der Waals surface area contributed by atoms with Gasteiger partial charge in [-0.25, -0.2) is 0 Å². The van der Waals surface area contributed by atoms with Crippen molar-refractivity contribution in [3.05, 3.63) is 35.9 Å². The second-order valence-electron chi connectivity index (χ2n) is 2.67. The predicted molar refractivity (Wildman–Crippen MR) is 46.0 cm³/mol. The van der Waals surface area contributed by atoms with Gasteiger partial charge in [-0.15, -0.1) is 0 Å². The van der Waals surface area contributed by atoms with Crippen molar-refractivity contribution in [1.82, 2.24) is 0 Å². The lowest BCUT2D eigenvalue weighted by Crippen LogP contribution is -2.23. The van der Waals surface area contributed by atoms with Crippen molar-refractivity contribution in [2.75, 3.05) is 0 Å². The Bertz CT molecular complexity index is 184. The van der Waals surface area contributed by atoms with Crippen LogP contribution in [-0.4, -0.2) is 6.85 Å². The van der Waals surface area contributed by atoms with Gasteiger partial charge in [0, 0.05) is 0 Å². The average Bonchev–Trinajstić information content (AvgIpc) is 1.88. The second-order valence-corrected chi connectivity index (χ2v) is 2.67. The zero-order valence-corrected chi connectivity index (χ0v) is 6.25. The predicted octanol–water partition coefficient (Wildman–Crippen LogP) is 1.35. The summed E-state index contributed by atoms with van der Waals surface area (Å²) in [5, 5.41) is 0. The van der Waals surface area contributed by atoms with Gasteiger partial charge in [0.05, 0.1) is 0 Å². The molecule has 0 bridgehead atoms. The molecule has 0 aromatic heterocycles. The minimum absolute atomic E-state index is 0.266. The molecule has 0 radical (unpaired) electrons. The lowest BCUT2D eigenvalue weighted by molar-refractivity contribution is 1.34. The van der Waals surface area contributed by atoms with Crippen LogP contribution in [-0.2, 0) is 6.32 Å². The summed E-state index contributed by atoms with van der Waals surface area (Å²) in [5.41, 5.74) is 6.94. The van der Waals surface area contributed by atoms with Crippen LogP contribution in [0.2, 0.25) is 6.82 Å². The van der Waals surface area contributed by atoms with Gasteiger partial charge in [-0.3, -0.25) is 0 Å². The number of hydrogen-bond acceptors (Lipinski definition) is 1. The fourth-order valence-corrected chi connectivity index (χ4v) is 0.986. The molecule has 0 heterocycles. The number of rotatable bonds is 2. The molecule has 1 rings (SSSR count). The fourth-order valence-electron chi connectivity index (χ4n) is 0.986. The number of nitrogens with two attached hydrogens (primary N) is 1. The first-order chi connectivity index (χ1) is 4.79. The van der Waals surface area contributed by atoms with E-state index in [4.69, 9.17) is 5.64 Å². The van der Waals surface area contributed by atoms with Gasteiger partial charge in [-0.05, 0) is 6.32 Å². The minimum Gasteiger partial charge on any atom is -0.370 e. The average molecular weight is 133 g/mol. The number of hydrogen-bond donors (Lipinski definition) is 1. The van der Waals surface area contributed by atoms with Gasteiger partial charge in [0.25, 0.3) is 0 Å². The highest BCUT2D eigenvalue weighted by Gasteiger charge is 1.99. The highest BCUT2D eigenvalue weighted by Crippen LogP contribution is 1.99. The Hall–Kier alpha value is -0.755. The molecule has 2 heteroatoms. The molecule has 0 atom stereocenters. The van der Waals surface area contributed by atoms with E-state index in [1.807, 2.05) is 25.0 Å². The molecule has 0 aliphatic carbocycles. The molecule has 0 aliphatic rings. The number of benzene rings is 1. The monoisotopic (exact) mass is 133 g/mol. The smallest absolute Gasteiger partial charge is 0.218 e. The third kappa shape index (κ3) is 2.23. The summed E-state index contributed by atoms with van der Waals surface area (Å²) in [6.07, 6.45) is 0.973. The summed E-state index contributed by atoms with van der Waals surface area (Å²) in [7, 11) is 0. The van der Waals surface area contributed by atoms with Gasteiger partial charge in [0.1, 0.15) is 0 Å². The molecule has 0 amide bonds. The second kappa shape index (κ2) is 3.42. The summed E-state index contributed by atoms with van der Waals surface area (Å²) in [6.45, 7) is 2.29. The lowest BCUT2D eigenvalue weighted by Gasteiger charge is -1.99. The molecule has 1 nitrogen and oxygen atoms in total.